The first kappa shape index (κ1) is 13.0. The summed E-state index contributed by atoms with van der Waals surface area (Å²) in [6.45, 7) is 2.11. The lowest BCUT2D eigenvalue weighted by Crippen LogP contribution is -2.59. The molecular weight excluding hydrogens is 254 g/mol. The number of esters is 1. The fourth-order valence-corrected chi connectivity index (χ4v) is 2.85. The van der Waals surface area contributed by atoms with E-state index < -0.39 is 11.4 Å². The molecule has 0 unspecified atom stereocenters. The highest BCUT2D eigenvalue weighted by atomic mass is 32.1. The predicted molar refractivity (Wildman–Crippen MR) is 67.7 cm³/mol. The Bertz CT molecular complexity index is 478. The van der Waals surface area contributed by atoms with Crippen molar-refractivity contribution in [3.05, 3.63) is 17.0 Å². The molecule has 18 heavy (non-hydrogen) atoms. The third-order valence-electron chi connectivity index (χ3n) is 3.13. The Balaban J connectivity index is 2.25. The zero-order valence-electron chi connectivity index (χ0n) is 10.6. The number of carbonyl (C=O) groups is 2. The Morgan fingerprint density at radius 1 is 1.50 bits per heavy atom. The number of hydrogen-bond acceptors (Lipinski definition) is 5. The third kappa shape index (κ3) is 1.81. The van der Waals surface area contributed by atoms with Crippen molar-refractivity contribution in [2.45, 2.75) is 6.92 Å². The van der Waals surface area contributed by atoms with Crippen molar-refractivity contribution in [3.63, 3.8) is 0 Å². The molecule has 0 saturated carbocycles. The number of thiophene rings is 1. The van der Waals surface area contributed by atoms with Gasteiger partial charge in [0.2, 0.25) is 5.91 Å². The molecular formula is C12H15NO4S. The van der Waals surface area contributed by atoms with Crippen LogP contribution in [0.25, 0.3) is 0 Å². The van der Waals surface area contributed by atoms with Gasteiger partial charge in [-0.1, -0.05) is 0 Å². The fraction of sp³-hybridized carbons (Fsp3) is 0.500. The summed E-state index contributed by atoms with van der Waals surface area (Å²) >= 11 is 1.47. The van der Waals surface area contributed by atoms with E-state index in [1.165, 1.54) is 23.3 Å². The normalized spacial score (nSPS) is 16.8. The van der Waals surface area contributed by atoms with E-state index in [9.17, 15) is 9.59 Å². The first-order valence-electron chi connectivity index (χ1n) is 5.51. The molecule has 1 saturated heterocycles. The minimum atomic E-state index is -1.17. The molecule has 0 aromatic carbocycles. The van der Waals surface area contributed by atoms with Crippen LogP contribution in [0, 0.1) is 12.3 Å². The van der Waals surface area contributed by atoms with Gasteiger partial charge in [0.25, 0.3) is 0 Å². The van der Waals surface area contributed by atoms with E-state index >= 15 is 0 Å². The molecule has 2 heterocycles. The van der Waals surface area contributed by atoms with E-state index in [2.05, 4.69) is 0 Å². The number of methoxy groups -OCH3 is 1. The number of nitrogens with zero attached hydrogens (tertiary/aromatic N) is 1. The van der Waals surface area contributed by atoms with Crippen molar-refractivity contribution in [2.24, 2.45) is 5.41 Å². The Hall–Kier alpha value is -1.40. The van der Waals surface area contributed by atoms with Crippen LogP contribution in [0.3, 0.4) is 0 Å². The Kier molecular flexibility index (Phi) is 3.41. The molecule has 1 aliphatic heterocycles. The van der Waals surface area contributed by atoms with Gasteiger partial charge in [0, 0.05) is 7.05 Å². The van der Waals surface area contributed by atoms with Crippen molar-refractivity contribution in [1.82, 2.24) is 0 Å². The predicted octanol–water partition coefficient (Wildman–Crippen LogP) is 1.21. The molecule has 0 bridgehead atoms. The zero-order valence-corrected chi connectivity index (χ0v) is 11.4. The monoisotopic (exact) mass is 269 g/mol. The van der Waals surface area contributed by atoms with Gasteiger partial charge in [-0.05, 0) is 23.9 Å². The number of rotatable bonds is 3. The Morgan fingerprint density at radius 2 is 2.17 bits per heavy atom. The molecule has 0 spiro atoms. The summed E-state index contributed by atoms with van der Waals surface area (Å²) in [4.78, 5) is 25.7. The van der Waals surface area contributed by atoms with Crippen LogP contribution >= 0.6 is 11.3 Å². The average molecular weight is 269 g/mol. The summed E-state index contributed by atoms with van der Waals surface area (Å²) < 4.78 is 9.75. The maximum atomic E-state index is 12.4. The molecule has 0 N–H and O–H groups in total. The second-order valence-corrected chi connectivity index (χ2v) is 5.23. The SMILES string of the molecule is COC(=O)C1(C(=O)N(C)c2sccc2C)COC1. The fourth-order valence-electron chi connectivity index (χ4n) is 1.95. The van der Waals surface area contributed by atoms with Crippen LogP contribution in [0.1, 0.15) is 5.56 Å². The van der Waals surface area contributed by atoms with Gasteiger partial charge in [-0.15, -0.1) is 11.3 Å². The van der Waals surface area contributed by atoms with Gasteiger partial charge in [-0.2, -0.15) is 0 Å². The third-order valence-corrected chi connectivity index (χ3v) is 4.22. The van der Waals surface area contributed by atoms with Crippen LogP contribution in [0.2, 0.25) is 0 Å². The van der Waals surface area contributed by atoms with Crippen LogP contribution in [0.4, 0.5) is 5.00 Å². The molecule has 1 aromatic rings. The standard InChI is InChI=1S/C12H15NO4S/c1-8-4-5-18-9(8)13(2)10(14)12(6-17-7-12)11(15)16-3/h4-5H,6-7H2,1-3H3. The lowest BCUT2D eigenvalue weighted by molar-refractivity contribution is -0.186. The summed E-state index contributed by atoms with van der Waals surface area (Å²) in [6, 6.07) is 1.94. The molecule has 6 heteroatoms. The zero-order chi connectivity index (χ0) is 13.3. The van der Waals surface area contributed by atoms with Crippen LogP contribution in [0.15, 0.2) is 11.4 Å². The molecule has 0 atom stereocenters. The molecule has 1 fully saturated rings. The summed E-state index contributed by atoms with van der Waals surface area (Å²) in [6.07, 6.45) is 0. The Labute approximate surface area is 109 Å². The highest BCUT2D eigenvalue weighted by Crippen LogP contribution is 2.35. The van der Waals surface area contributed by atoms with Gasteiger partial charge < -0.3 is 14.4 Å². The maximum absolute atomic E-state index is 12.4. The van der Waals surface area contributed by atoms with E-state index in [4.69, 9.17) is 9.47 Å². The largest absolute Gasteiger partial charge is 0.468 e. The lowest BCUT2D eigenvalue weighted by Gasteiger charge is -2.39. The summed E-state index contributed by atoms with van der Waals surface area (Å²) in [5.41, 5.74) is -0.156. The van der Waals surface area contributed by atoms with Crippen molar-refractivity contribution in [3.8, 4) is 0 Å². The van der Waals surface area contributed by atoms with E-state index in [1.807, 2.05) is 18.4 Å². The van der Waals surface area contributed by atoms with Gasteiger partial charge in [0.1, 0.15) is 5.00 Å². The van der Waals surface area contributed by atoms with E-state index in [-0.39, 0.29) is 19.1 Å². The van der Waals surface area contributed by atoms with E-state index in [1.54, 1.807) is 7.05 Å². The quantitative estimate of drug-likeness (QED) is 0.611. The first-order chi connectivity index (χ1) is 8.53. The van der Waals surface area contributed by atoms with Crippen molar-refractivity contribution < 1.29 is 19.1 Å². The highest BCUT2D eigenvalue weighted by Gasteiger charge is 2.55. The molecule has 1 aliphatic rings. The Morgan fingerprint density at radius 3 is 2.56 bits per heavy atom. The average Bonchev–Trinajstić information content (AvgIpc) is 2.72. The molecule has 2 rings (SSSR count). The van der Waals surface area contributed by atoms with Crippen molar-refractivity contribution in [2.75, 3.05) is 32.3 Å². The number of amides is 1. The smallest absolute Gasteiger partial charge is 0.326 e. The van der Waals surface area contributed by atoms with Gasteiger partial charge in [0.15, 0.2) is 5.41 Å². The van der Waals surface area contributed by atoms with Gasteiger partial charge in [0.05, 0.1) is 20.3 Å². The van der Waals surface area contributed by atoms with Crippen molar-refractivity contribution in [1.29, 1.82) is 0 Å². The molecule has 0 aliphatic carbocycles. The van der Waals surface area contributed by atoms with Gasteiger partial charge >= 0.3 is 5.97 Å². The van der Waals surface area contributed by atoms with E-state index in [0.29, 0.717) is 0 Å². The van der Waals surface area contributed by atoms with Crippen LogP contribution in [0.5, 0.6) is 0 Å². The molecule has 98 valence electrons. The van der Waals surface area contributed by atoms with Crippen LogP contribution in [-0.2, 0) is 19.1 Å². The van der Waals surface area contributed by atoms with Gasteiger partial charge in [-0.3, -0.25) is 9.59 Å². The van der Waals surface area contributed by atoms with Crippen molar-refractivity contribution >= 4 is 28.2 Å². The minimum Gasteiger partial charge on any atom is -0.468 e. The number of ether oxygens (including phenoxy) is 2. The molecule has 5 nitrogen and oxygen atoms in total. The molecule has 1 aromatic heterocycles. The molecule has 1 amide bonds. The molecule has 0 radical (unpaired) electrons. The topological polar surface area (TPSA) is 55.8 Å². The van der Waals surface area contributed by atoms with Crippen LogP contribution < -0.4 is 4.90 Å². The number of aryl methyl sites for hydroxylation is 1. The van der Waals surface area contributed by atoms with Crippen LogP contribution in [-0.4, -0.2) is 39.2 Å². The summed E-state index contributed by atoms with van der Waals surface area (Å²) in [5.74, 6) is -0.800. The maximum Gasteiger partial charge on any atom is 0.326 e. The number of anilines is 1. The summed E-state index contributed by atoms with van der Waals surface area (Å²) in [7, 11) is 2.95. The van der Waals surface area contributed by atoms with Gasteiger partial charge in [-0.25, -0.2) is 0 Å². The second kappa shape index (κ2) is 4.70. The minimum absolute atomic E-state index is 0.0905. The highest BCUT2D eigenvalue weighted by molar-refractivity contribution is 7.14. The lowest BCUT2D eigenvalue weighted by atomic mass is 9.84. The van der Waals surface area contributed by atoms with E-state index in [0.717, 1.165) is 10.6 Å². The number of hydrogen-bond donors (Lipinski definition) is 0. The number of carbonyl (C=O) groups excluding carboxylic acids is 2. The second-order valence-electron chi connectivity index (χ2n) is 4.34. The first-order valence-corrected chi connectivity index (χ1v) is 6.39. The summed E-state index contributed by atoms with van der Waals surface area (Å²) in [5, 5.41) is 2.76.